The Morgan fingerprint density at radius 3 is 2.94 bits per heavy atom. The molecular weight excluding hydrogens is 302 g/mol. The van der Waals surface area contributed by atoms with E-state index >= 15 is 0 Å². The quantitative estimate of drug-likeness (QED) is 0.919. The molecule has 0 bridgehead atoms. The molecule has 2 aromatic rings. The third-order valence-corrected chi connectivity index (χ3v) is 3.71. The van der Waals surface area contributed by atoms with Crippen LogP contribution in [-0.2, 0) is 6.54 Å². The second-order valence-corrected chi connectivity index (χ2v) is 5.92. The number of aromatic nitrogens is 2. The first kappa shape index (κ1) is 12.7. The highest BCUT2D eigenvalue weighted by atomic mass is 79.9. The van der Waals surface area contributed by atoms with Crippen LogP contribution in [0.25, 0.3) is 10.6 Å². The summed E-state index contributed by atoms with van der Waals surface area (Å²) in [6.45, 7) is 6.12. The van der Waals surface area contributed by atoms with Gasteiger partial charge in [0.25, 0.3) is 0 Å². The highest BCUT2D eigenvalue weighted by Crippen LogP contribution is 2.31. The number of hydrogen-bond donors (Lipinski definition) is 1. The van der Waals surface area contributed by atoms with Gasteiger partial charge in [-0.3, -0.25) is 0 Å². The van der Waals surface area contributed by atoms with Gasteiger partial charge in [0, 0.05) is 6.54 Å². The van der Waals surface area contributed by atoms with Crippen LogP contribution in [0, 0.1) is 5.92 Å². The largest absolute Gasteiger partial charge is 0.457 e. The van der Waals surface area contributed by atoms with Crippen molar-refractivity contribution in [1.82, 2.24) is 15.5 Å². The molecule has 92 valence electrons. The van der Waals surface area contributed by atoms with Gasteiger partial charge in [0.1, 0.15) is 5.01 Å². The third-order valence-electron chi connectivity index (χ3n) is 2.14. The predicted octanol–water partition coefficient (Wildman–Crippen LogP) is 3.31. The molecule has 0 fully saturated rings. The molecule has 0 aliphatic carbocycles. The molecule has 0 aromatic carbocycles. The molecule has 2 aromatic heterocycles. The highest BCUT2D eigenvalue weighted by Gasteiger charge is 2.11. The lowest BCUT2D eigenvalue weighted by molar-refractivity contribution is 0.542. The highest BCUT2D eigenvalue weighted by molar-refractivity contribution is 9.10. The molecule has 6 heteroatoms. The van der Waals surface area contributed by atoms with E-state index in [1.807, 2.05) is 6.07 Å². The molecular formula is C11H14BrN3OS. The van der Waals surface area contributed by atoms with Crippen molar-refractivity contribution in [1.29, 1.82) is 0 Å². The van der Waals surface area contributed by atoms with Crippen LogP contribution in [0.1, 0.15) is 18.9 Å². The molecule has 2 heterocycles. The Balaban J connectivity index is 1.99. The topological polar surface area (TPSA) is 51.0 Å². The van der Waals surface area contributed by atoms with E-state index in [9.17, 15) is 0 Å². The van der Waals surface area contributed by atoms with Crippen molar-refractivity contribution in [3.8, 4) is 10.6 Å². The number of hydrogen-bond acceptors (Lipinski definition) is 5. The second-order valence-electron chi connectivity index (χ2n) is 4.13. The first-order valence-electron chi connectivity index (χ1n) is 5.43. The number of nitrogens with one attached hydrogen (secondary N) is 1. The van der Waals surface area contributed by atoms with Gasteiger partial charge in [0.15, 0.2) is 9.68 Å². The summed E-state index contributed by atoms with van der Waals surface area (Å²) < 4.78 is 5.88. The predicted molar refractivity (Wildman–Crippen MR) is 71.9 cm³/mol. The minimum Gasteiger partial charge on any atom is -0.457 e. The van der Waals surface area contributed by atoms with E-state index in [0.29, 0.717) is 10.6 Å². The first-order chi connectivity index (χ1) is 8.16. The zero-order chi connectivity index (χ0) is 12.3. The van der Waals surface area contributed by atoms with Crippen LogP contribution in [0.5, 0.6) is 0 Å². The van der Waals surface area contributed by atoms with E-state index in [1.165, 1.54) is 0 Å². The van der Waals surface area contributed by atoms with Gasteiger partial charge in [-0.05, 0) is 34.5 Å². The van der Waals surface area contributed by atoms with Crippen LogP contribution in [-0.4, -0.2) is 16.7 Å². The van der Waals surface area contributed by atoms with Gasteiger partial charge in [0.2, 0.25) is 0 Å². The van der Waals surface area contributed by atoms with Crippen LogP contribution in [0.4, 0.5) is 0 Å². The number of furan rings is 1. The smallest absolute Gasteiger partial charge is 0.179 e. The molecule has 1 N–H and O–H groups in total. The standard InChI is InChI=1S/C11H14BrN3OS/c1-7(2)5-13-6-9-14-15-11(17-9)8-3-4-16-10(8)12/h3-4,7,13H,5-6H2,1-2H3. The Labute approximate surface area is 113 Å². The SMILES string of the molecule is CC(C)CNCc1nnc(-c2ccoc2Br)s1. The fourth-order valence-electron chi connectivity index (χ4n) is 1.35. The zero-order valence-electron chi connectivity index (χ0n) is 9.74. The van der Waals surface area contributed by atoms with E-state index in [-0.39, 0.29) is 0 Å². The molecule has 0 aliphatic heterocycles. The minimum absolute atomic E-state index is 0.644. The van der Waals surface area contributed by atoms with Gasteiger partial charge < -0.3 is 9.73 Å². The average Bonchev–Trinajstić information content (AvgIpc) is 2.86. The van der Waals surface area contributed by atoms with Gasteiger partial charge in [-0.2, -0.15) is 0 Å². The van der Waals surface area contributed by atoms with Crippen molar-refractivity contribution in [2.45, 2.75) is 20.4 Å². The summed E-state index contributed by atoms with van der Waals surface area (Å²) >= 11 is 4.92. The Morgan fingerprint density at radius 1 is 1.47 bits per heavy atom. The van der Waals surface area contributed by atoms with E-state index in [0.717, 1.165) is 28.7 Å². The summed E-state index contributed by atoms with van der Waals surface area (Å²) in [4.78, 5) is 0. The molecule has 0 unspecified atom stereocenters. The number of nitrogens with zero attached hydrogens (tertiary/aromatic N) is 2. The van der Waals surface area contributed by atoms with E-state index < -0.39 is 0 Å². The summed E-state index contributed by atoms with van der Waals surface area (Å²) in [7, 11) is 0. The zero-order valence-corrected chi connectivity index (χ0v) is 12.1. The fraction of sp³-hybridized carbons (Fsp3) is 0.455. The molecule has 17 heavy (non-hydrogen) atoms. The molecule has 0 radical (unpaired) electrons. The average molecular weight is 316 g/mol. The molecule has 4 nitrogen and oxygen atoms in total. The van der Waals surface area contributed by atoms with Crippen molar-refractivity contribution in [3.05, 3.63) is 22.0 Å². The lowest BCUT2D eigenvalue weighted by atomic mass is 10.2. The van der Waals surface area contributed by atoms with Gasteiger partial charge in [-0.25, -0.2) is 0 Å². The van der Waals surface area contributed by atoms with E-state index in [4.69, 9.17) is 4.42 Å². The fourth-order valence-corrected chi connectivity index (χ4v) is 2.74. The summed E-state index contributed by atoms with van der Waals surface area (Å²) in [6.07, 6.45) is 1.64. The summed E-state index contributed by atoms with van der Waals surface area (Å²) in [5, 5.41) is 13.5. The molecule has 0 amide bonds. The summed E-state index contributed by atoms with van der Waals surface area (Å²) in [6, 6.07) is 1.88. The molecule has 0 aliphatic rings. The van der Waals surface area contributed by atoms with E-state index in [1.54, 1.807) is 17.6 Å². The normalized spacial score (nSPS) is 11.3. The van der Waals surface area contributed by atoms with Crippen LogP contribution in [0.3, 0.4) is 0 Å². The van der Waals surface area contributed by atoms with Crippen molar-refractivity contribution >= 4 is 27.3 Å². The Hall–Kier alpha value is -0.720. The van der Waals surface area contributed by atoms with Crippen LogP contribution >= 0.6 is 27.3 Å². The Morgan fingerprint density at radius 2 is 2.29 bits per heavy atom. The summed E-state index contributed by atoms with van der Waals surface area (Å²) in [5.74, 6) is 0.644. The minimum atomic E-state index is 0.644. The molecule has 0 spiro atoms. The molecule has 0 atom stereocenters. The molecule has 2 rings (SSSR count). The number of halogens is 1. The van der Waals surface area contributed by atoms with Gasteiger partial charge >= 0.3 is 0 Å². The maximum atomic E-state index is 5.18. The van der Waals surface area contributed by atoms with Gasteiger partial charge in [0.05, 0.1) is 11.8 Å². The van der Waals surface area contributed by atoms with Crippen molar-refractivity contribution in [2.75, 3.05) is 6.54 Å². The van der Waals surface area contributed by atoms with Crippen LogP contribution in [0.15, 0.2) is 21.4 Å². The first-order valence-corrected chi connectivity index (χ1v) is 7.04. The Kier molecular flexibility index (Phi) is 4.31. The maximum Gasteiger partial charge on any atom is 0.179 e. The van der Waals surface area contributed by atoms with Crippen molar-refractivity contribution in [2.24, 2.45) is 5.92 Å². The molecule has 0 saturated heterocycles. The third kappa shape index (κ3) is 3.37. The number of rotatable bonds is 5. The van der Waals surface area contributed by atoms with Crippen LogP contribution in [0.2, 0.25) is 0 Å². The Bertz CT molecular complexity index is 481. The second kappa shape index (κ2) is 5.75. The lowest BCUT2D eigenvalue weighted by Gasteiger charge is -2.03. The maximum absolute atomic E-state index is 5.18. The monoisotopic (exact) mass is 315 g/mol. The van der Waals surface area contributed by atoms with Crippen molar-refractivity contribution < 1.29 is 4.42 Å². The van der Waals surface area contributed by atoms with Crippen LogP contribution < -0.4 is 5.32 Å². The summed E-state index contributed by atoms with van der Waals surface area (Å²) in [5.41, 5.74) is 0.956. The molecule has 0 saturated carbocycles. The van der Waals surface area contributed by atoms with Crippen molar-refractivity contribution in [3.63, 3.8) is 0 Å². The lowest BCUT2D eigenvalue weighted by Crippen LogP contribution is -2.18. The van der Waals surface area contributed by atoms with E-state index in [2.05, 4.69) is 45.3 Å². The van der Waals surface area contributed by atoms with Gasteiger partial charge in [-0.1, -0.05) is 25.2 Å². The van der Waals surface area contributed by atoms with Gasteiger partial charge in [-0.15, -0.1) is 10.2 Å².